The molecular formula is C16H21NO2. The molecule has 1 aromatic carbocycles. The van der Waals surface area contributed by atoms with Crippen LogP contribution in [0.25, 0.3) is 6.08 Å². The molecule has 0 aromatic heterocycles. The molecule has 3 heteroatoms. The topological polar surface area (TPSA) is 40.5 Å². The van der Waals surface area contributed by atoms with Crippen molar-refractivity contribution in [3.05, 3.63) is 41.5 Å². The molecule has 1 N–H and O–H groups in total. The van der Waals surface area contributed by atoms with Gasteiger partial charge in [-0.3, -0.25) is 4.79 Å². The van der Waals surface area contributed by atoms with Crippen molar-refractivity contribution in [3.63, 3.8) is 0 Å². The van der Waals surface area contributed by atoms with Crippen molar-refractivity contribution in [2.24, 2.45) is 0 Å². The molecule has 1 amide bonds. The van der Waals surface area contributed by atoms with Gasteiger partial charge in [0.25, 0.3) is 0 Å². The van der Waals surface area contributed by atoms with E-state index in [1.165, 1.54) is 5.56 Å². The molecule has 1 aliphatic heterocycles. The number of benzene rings is 1. The average molecular weight is 259 g/mol. The predicted octanol–water partition coefficient (Wildman–Crippen LogP) is 2.38. The zero-order valence-electron chi connectivity index (χ0n) is 11.6. The van der Waals surface area contributed by atoms with E-state index in [0.717, 1.165) is 18.4 Å². The van der Waals surface area contributed by atoms with Crippen LogP contribution in [0.15, 0.2) is 30.3 Å². The Morgan fingerprint density at radius 1 is 1.47 bits per heavy atom. The Morgan fingerprint density at radius 3 is 2.84 bits per heavy atom. The van der Waals surface area contributed by atoms with Gasteiger partial charge in [-0.1, -0.05) is 43.2 Å². The monoisotopic (exact) mass is 259 g/mol. The molecule has 102 valence electrons. The number of rotatable bonds is 4. The number of hydrogen-bond acceptors (Lipinski definition) is 2. The maximum atomic E-state index is 11.9. The number of aliphatic hydroxyl groups is 1. The summed E-state index contributed by atoms with van der Waals surface area (Å²) in [5, 5.41) is 10.0. The highest BCUT2D eigenvalue weighted by molar-refractivity contribution is 5.92. The van der Waals surface area contributed by atoms with Crippen molar-refractivity contribution < 1.29 is 9.90 Å². The van der Waals surface area contributed by atoms with Gasteiger partial charge < -0.3 is 10.0 Å². The maximum absolute atomic E-state index is 11.9. The molecule has 1 fully saturated rings. The number of likely N-dealkylation sites (tertiary alicyclic amines) is 1. The van der Waals surface area contributed by atoms with E-state index in [-0.39, 0.29) is 5.91 Å². The summed E-state index contributed by atoms with van der Waals surface area (Å²) in [6.45, 7) is 4.98. The van der Waals surface area contributed by atoms with Crippen molar-refractivity contribution in [1.29, 1.82) is 0 Å². The lowest BCUT2D eigenvalue weighted by Gasteiger charge is -2.46. The Morgan fingerprint density at radius 2 is 2.21 bits per heavy atom. The number of nitrogens with zero attached hydrogens (tertiary/aromatic N) is 1. The van der Waals surface area contributed by atoms with E-state index in [2.05, 4.69) is 0 Å². The van der Waals surface area contributed by atoms with E-state index in [9.17, 15) is 9.90 Å². The van der Waals surface area contributed by atoms with Crippen molar-refractivity contribution >= 4 is 12.0 Å². The van der Waals surface area contributed by atoms with Crippen LogP contribution >= 0.6 is 0 Å². The summed E-state index contributed by atoms with van der Waals surface area (Å²) in [6, 6.07) is 8.01. The third-order valence-corrected chi connectivity index (χ3v) is 3.46. The minimum atomic E-state index is -0.651. The van der Waals surface area contributed by atoms with E-state index >= 15 is 0 Å². The van der Waals surface area contributed by atoms with Gasteiger partial charge in [-0.2, -0.15) is 0 Å². The molecular weight excluding hydrogens is 238 g/mol. The summed E-state index contributed by atoms with van der Waals surface area (Å²) in [4.78, 5) is 13.6. The van der Waals surface area contributed by atoms with Crippen LogP contribution in [0.5, 0.6) is 0 Å². The van der Waals surface area contributed by atoms with E-state index in [4.69, 9.17) is 0 Å². The van der Waals surface area contributed by atoms with Gasteiger partial charge in [0.15, 0.2) is 0 Å². The highest BCUT2D eigenvalue weighted by atomic mass is 16.3. The van der Waals surface area contributed by atoms with Gasteiger partial charge in [0, 0.05) is 6.08 Å². The Labute approximate surface area is 114 Å². The lowest BCUT2D eigenvalue weighted by molar-refractivity contribution is -0.151. The number of β-amino-alcohol motifs (C(OH)–C–C–N with tert-alkyl or cyclic N) is 1. The lowest BCUT2D eigenvalue weighted by Crippen LogP contribution is -2.63. The quantitative estimate of drug-likeness (QED) is 0.843. The first-order valence-electron chi connectivity index (χ1n) is 6.78. The number of hydrogen-bond donors (Lipinski definition) is 1. The summed E-state index contributed by atoms with van der Waals surface area (Å²) >= 11 is 0. The molecule has 1 saturated heterocycles. The van der Waals surface area contributed by atoms with Gasteiger partial charge in [-0.15, -0.1) is 0 Å². The van der Waals surface area contributed by atoms with Crippen LogP contribution in [0.4, 0.5) is 0 Å². The molecule has 0 spiro atoms. The summed E-state index contributed by atoms with van der Waals surface area (Å²) in [5.41, 5.74) is 1.55. The first-order valence-corrected chi connectivity index (χ1v) is 6.78. The number of carbonyl (C=O) groups excluding carboxylic acids is 1. The zero-order valence-corrected chi connectivity index (χ0v) is 11.6. The fourth-order valence-electron chi connectivity index (χ4n) is 2.49. The molecule has 0 unspecified atom stereocenters. The molecule has 0 aliphatic carbocycles. The molecule has 0 saturated carbocycles. The van der Waals surface area contributed by atoms with Gasteiger partial charge in [0.05, 0.1) is 18.7 Å². The van der Waals surface area contributed by atoms with E-state index < -0.39 is 5.60 Å². The first kappa shape index (κ1) is 13.8. The molecule has 19 heavy (non-hydrogen) atoms. The number of carbonyl (C=O) groups is 1. The van der Waals surface area contributed by atoms with Gasteiger partial charge in [-0.25, -0.2) is 0 Å². The highest BCUT2D eigenvalue weighted by Crippen LogP contribution is 2.25. The van der Waals surface area contributed by atoms with Crippen LogP contribution in [-0.2, 0) is 4.79 Å². The molecule has 0 atom stereocenters. The van der Waals surface area contributed by atoms with Gasteiger partial charge >= 0.3 is 0 Å². The Hall–Kier alpha value is -1.61. The van der Waals surface area contributed by atoms with Gasteiger partial charge in [0.1, 0.15) is 0 Å². The first-order chi connectivity index (χ1) is 9.02. The molecule has 1 aromatic rings. The van der Waals surface area contributed by atoms with Crippen LogP contribution in [0.2, 0.25) is 0 Å². The number of aryl methyl sites for hydroxylation is 1. The van der Waals surface area contributed by atoms with Crippen LogP contribution in [0.1, 0.15) is 30.9 Å². The van der Waals surface area contributed by atoms with Crippen molar-refractivity contribution in [3.8, 4) is 0 Å². The van der Waals surface area contributed by atoms with Crippen molar-refractivity contribution in [1.82, 2.24) is 4.90 Å². The zero-order chi connectivity index (χ0) is 13.9. The van der Waals surface area contributed by atoms with Gasteiger partial charge in [-0.05, 0) is 25.0 Å². The van der Waals surface area contributed by atoms with Gasteiger partial charge in [0.2, 0.25) is 5.91 Å². The fourth-order valence-corrected chi connectivity index (χ4v) is 2.49. The van der Waals surface area contributed by atoms with Crippen LogP contribution in [0.3, 0.4) is 0 Å². The smallest absolute Gasteiger partial charge is 0.246 e. The minimum Gasteiger partial charge on any atom is -0.386 e. The second-order valence-corrected chi connectivity index (χ2v) is 5.42. The molecule has 0 bridgehead atoms. The molecule has 1 heterocycles. The number of amides is 1. The largest absolute Gasteiger partial charge is 0.386 e. The van der Waals surface area contributed by atoms with Crippen LogP contribution < -0.4 is 0 Å². The van der Waals surface area contributed by atoms with Crippen molar-refractivity contribution in [2.45, 2.75) is 32.3 Å². The maximum Gasteiger partial charge on any atom is 0.246 e. The molecule has 0 radical (unpaired) electrons. The summed E-state index contributed by atoms with van der Waals surface area (Å²) < 4.78 is 0. The van der Waals surface area contributed by atoms with E-state index in [1.54, 1.807) is 11.0 Å². The highest BCUT2D eigenvalue weighted by Gasteiger charge is 2.41. The van der Waals surface area contributed by atoms with Crippen LogP contribution in [-0.4, -0.2) is 34.6 Å². The lowest BCUT2D eigenvalue weighted by atomic mass is 9.89. The second kappa shape index (κ2) is 5.57. The van der Waals surface area contributed by atoms with E-state index in [1.807, 2.05) is 44.2 Å². The second-order valence-electron chi connectivity index (χ2n) is 5.42. The van der Waals surface area contributed by atoms with Crippen molar-refractivity contribution in [2.75, 3.05) is 13.1 Å². The SMILES string of the molecule is CCCC1(O)CN(C(=O)C=Cc2cccc(C)c2)C1. The minimum absolute atomic E-state index is 0.0257. The van der Waals surface area contributed by atoms with Crippen LogP contribution in [0, 0.1) is 6.92 Å². The summed E-state index contributed by atoms with van der Waals surface area (Å²) in [5.74, 6) is -0.0257. The summed E-state index contributed by atoms with van der Waals surface area (Å²) in [7, 11) is 0. The third kappa shape index (κ3) is 3.44. The third-order valence-electron chi connectivity index (χ3n) is 3.46. The Bertz CT molecular complexity index is 487. The fraction of sp³-hybridized carbons (Fsp3) is 0.438. The van der Waals surface area contributed by atoms with E-state index in [0.29, 0.717) is 13.1 Å². The molecule has 1 aliphatic rings. The predicted molar refractivity (Wildman–Crippen MR) is 76.7 cm³/mol. The molecule has 2 rings (SSSR count). The summed E-state index contributed by atoms with van der Waals surface area (Å²) in [6.07, 6.45) is 5.11. The normalized spacial score (nSPS) is 17.5. The Balaban J connectivity index is 1.89. The molecule has 3 nitrogen and oxygen atoms in total. The standard InChI is InChI=1S/C16H21NO2/c1-3-9-16(19)11-17(12-16)15(18)8-7-14-6-4-5-13(2)10-14/h4-8,10,19H,3,9,11-12H2,1-2H3. The Kier molecular flexibility index (Phi) is 4.05. The average Bonchev–Trinajstić information content (AvgIpc) is 2.33.